The second kappa shape index (κ2) is 5.37. The van der Waals surface area contributed by atoms with E-state index in [9.17, 15) is 4.79 Å². The number of hydrogen-bond acceptors (Lipinski definition) is 4. The van der Waals surface area contributed by atoms with Crippen molar-refractivity contribution in [1.82, 2.24) is 4.90 Å². The van der Waals surface area contributed by atoms with Gasteiger partial charge in [0.25, 0.3) is 0 Å². The Labute approximate surface area is 107 Å². The van der Waals surface area contributed by atoms with Crippen LogP contribution in [0.3, 0.4) is 0 Å². The first kappa shape index (κ1) is 12.9. The van der Waals surface area contributed by atoms with Crippen LogP contribution < -0.4 is 15.4 Å². The average Bonchev–Trinajstić information content (AvgIpc) is 2.39. The second-order valence-corrected chi connectivity index (χ2v) is 4.42. The van der Waals surface area contributed by atoms with Crippen LogP contribution in [0.4, 0.5) is 5.69 Å². The predicted octanol–water partition coefficient (Wildman–Crippen LogP) is 0.301. The number of ether oxygens (including phenoxy) is 1. The van der Waals surface area contributed by atoms with Gasteiger partial charge in [0.15, 0.2) is 0 Å². The Bertz CT molecular complexity index is 436. The van der Waals surface area contributed by atoms with Gasteiger partial charge in [-0.25, -0.2) is 0 Å². The fourth-order valence-electron chi connectivity index (χ4n) is 2.21. The van der Waals surface area contributed by atoms with Crippen LogP contribution in [0.5, 0.6) is 5.75 Å². The summed E-state index contributed by atoms with van der Waals surface area (Å²) in [5.74, 6) is 0.808. The topological polar surface area (TPSA) is 58.8 Å². The summed E-state index contributed by atoms with van der Waals surface area (Å²) in [7, 11) is 3.55. The highest BCUT2D eigenvalue weighted by molar-refractivity contribution is 5.98. The Morgan fingerprint density at radius 3 is 2.89 bits per heavy atom. The van der Waals surface area contributed by atoms with E-state index in [1.165, 1.54) is 0 Å². The van der Waals surface area contributed by atoms with Crippen LogP contribution in [0.25, 0.3) is 0 Å². The van der Waals surface area contributed by atoms with Gasteiger partial charge in [0.05, 0.1) is 7.11 Å². The summed E-state index contributed by atoms with van der Waals surface area (Å²) in [5.41, 5.74) is 6.53. The number of rotatable bonds is 3. The average molecular weight is 249 g/mol. The summed E-state index contributed by atoms with van der Waals surface area (Å²) in [6.45, 7) is 1.85. The summed E-state index contributed by atoms with van der Waals surface area (Å²) in [6.07, 6.45) is 0. The van der Waals surface area contributed by atoms with Crippen LogP contribution in [-0.2, 0) is 4.79 Å². The van der Waals surface area contributed by atoms with Crippen molar-refractivity contribution < 1.29 is 9.53 Å². The number of nitrogens with two attached hydrogens (primary N) is 1. The lowest BCUT2D eigenvalue weighted by molar-refractivity contribution is -0.124. The van der Waals surface area contributed by atoms with Crippen molar-refractivity contribution in [2.45, 2.75) is 6.04 Å². The number of hydrogen-bond donors (Lipinski definition) is 1. The minimum absolute atomic E-state index is 0.0551. The highest BCUT2D eigenvalue weighted by atomic mass is 16.5. The molecule has 98 valence electrons. The molecule has 1 aliphatic rings. The maximum absolute atomic E-state index is 12.3. The van der Waals surface area contributed by atoms with Crippen molar-refractivity contribution in [2.75, 3.05) is 38.7 Å². The number of likely N-dealkylation sites (N-methyl/N-ethyl adjacent to an activating group) is 1. The molecular weight excluding hydrogens is 230 g/mol. The number of carbonyl (C=O) groups excluding carboxylic acids is 1. The molecule has 1 atom stereocenters. The van der Waals surface area contributed by atoms with E-state index in [1.54, 1.807) is 12.0 Å². The Hall–Kier alpha value is -1.59. The van der Waals surface area contributed by atoms with Crippen LogP contribution >= 0.6 is 0 Å². The van der Waals surface area contributed by atoms with Crippen LogP contribution in [0.1, 0.15) is 0 Å². The number of methoxy groups -OCH3 is 1. The molecule has 0 aromatic heterocycles. The maximum Gasteiger partial charge on any atom is 0.245 e. The molecule has 1 unspecified atom stereocenters. The molecule has 2 N–H and O–H groups in total. The van der Waals surface area contributed by atoms with Crippen LogP contribution in [0.2, 0.25) is 0 Å². The van der Waals surface area contributed by atoms with Crippen molar-refractivity contribution in [3.05, 3.63) is 24.3 Å². The van der Waals surface area contributed by atoms with Crippen molar-refractivity contribution >= 4 is 11.6 Å². The largest absolute Gasteiger partial charge is 0.497 e. The van der Waals surface area contributed by atoms with Gasteiger partial charge in [-0.15, -0.1) is 0 Å². The molecule has 5 heteroatoms. The number of amides is 1. The molecule has 5 nitrogen and oxygen atoms in total. The highest BCUT2D eigenvalue weighted by Gasteiger charge is 2.32. The van der Waals surface area contributed by atoms with E-state index < -0.39 is 0 Å². The van der Waals surface area contributed by atoms with Crippen molar-refractivity contribution in [1.29, 1.82) is 0 Å². The van der Waals surface area contributed by atoms with Crippen LogP contribution in [0, 0.1) is 0 Å². The summed E-state index contributed by atoms with van der Waals surface area (Å²) < 4.78 is 5.18. The first-order valence-electron chi connectivity index (χ1n) is 6.03. The zero-order valence-electron chi connectivity index (χ0n) is 10.8. The molecule has 1 saturated heterocycles. The summed E-state index contributed by atoms with van der Waals surface area (Å²) in [6, 6.07) is 7.31. The molecule has 1 fully saturated rings. The molecule has 18 heavy (non-hydrogen) atoms. The molecule has 0 aliphatic carbocycles. The third-order valence-electron chi connectivity index (χ3n) is 3.35. The molecule has 1 heterocycles. The van der Waals surface area contributed by atoms with E-state index in [0.29, 0.717) is 13.1 Å². The minimum atomic E-state index is -0.232. The van der Waals surface area contributed by atoms with Gasteiger partial charge in [-0.2, -0.15) is 0 Å². The van der Waals surface area contributed by atoms with E-state index in [-0.39, 0.29) is 11.9 Å². The van der Waals surface area contributed by atoms with Crippen LogP contribution in [-0.4, -0.2) is 50.6 Å². The van der Waals surface area contributed by atoms with Gasteiger partial charge in [0, 0.05) is 31.4 Å². The molecule has 0 spiro atoms. The molecule has 1 amide bonds. The van der Waals surface area contributed by atoms with Gasteiger partial charge in [0.2, 0.25) is 5.91 Å². The quantitative estimate of drug-likeness (QED) is 0.837. The van der Waals surface area contributed by atoms with E-state index in [2.05, 4.69) is 0 Å². The number of carbonyl (C=O) groups is 1. The first-order chi connectivity index (χ1) is 8.67. The zero-order chi connectivity index (χ0) is 13.1. The third kappa shape index (κ3) is 2.32. The number of nitrogens with zero attached hydrogens (tertiary/aromatic N) is 2. The Kier molecular flexibility index (Phi) is 3.84. The zero-order valence-corrected chi connectivity index (χ0v) is 10.8. The fourth-order valence-corrected chi connectivity index (χ4v) is 2.21. The standard InChI is InChI=1S/C13H19N3O2/c1-15-6-7-16(13(17)12(15)9-14)10-4-3-5-11(8-10)18-2/h3-5,8,12H,6-7,9,14H2,1-2H3. The Morgan fingerprint density at radius 1 is 1.44 bits per heavy atom. The Morgan fingerprint density at radius 2 is 2.22 bits per heavy atom. The molecule has 0 radical (unpaired) electrons. The maximum atomic E-state index is 12.3. The van der Waals surface area contributed by atoms with Gasteiger partial charge in [-0.1, -0.05) is 6.07 Å². The summed E-state index contributed by atoms with van der Waals surface area (Å²) >= 11 is 0. The van der Waals surface area contributed by atoms with Gasteiger partial charge in [-0.05, 0) is 19.2 Å². The normalized spacial score (nSPS) is 21.2. The molecule has 2 rings (SSSR count). The molecule has 1 aromatic carbocycles. The van der Waals surface area contributed by atoms with Crippen molar-refractivity contribution in [2.24, 2.45) is 5.73 Å². The van der Waals surface area contributed by atoms with E-state index in [4.69, 9.17) is 10.5 Å². The number of piperazine rings is 1. The number of benzene rings is 1. The van der Waals surface area contributed by atoms with E-state index in [0.717, 1.165) is 18.0 Å². The molecule has 1 aliphatic heterocycles. The van der Waals surface area contributed by atoms with Crippen molar-refractivity contribution in [3.63, 3.8) is 0 Å². The summed E-state index contributed by atoms with van der Waals surface area (Å²) in [5, 5.41) is 0. The number of anilines is 1. The van der Waals surface area contributed by atoms with E-state index >= 15 is 0 Å². The lowest BCUT2D eigenvalue weighted by Crippen LogP contribution is -2.58. The predicted molar refractivity (Wildman–Crippen MR) is 70.8 cm³/mol. The third-order valence-corrected chi connectivity index (χ3v) is 3.35. The SMILES string of the molecule is COc1cccc(N2CCN(C)C(CN)C2=O)c1. The highest BCUT2D eigenvalue weighted by Crippen LogP contribution is 2.23. The molecule has 0 bridgehead atoms. The first-order valence-corrected chi connectivity index (χ1v) is 6.03. The summed E-state index contributed by atoms with van der Waals surface area (Å²) in [4.78, 5) is 16.1. The molecule has 0 saturated carbocycles. The monoisotopic (exact) mass is 249 g/mol. The smallest absolute Gasteiger partial charge is 0.245 e. The lowest BCUT2D eigenvalue weighted by Gasteiger charge is -2.38. The molecular formula is C13H19N3O2. The van der Waals surface area contributed by atoms with Gasteiger partial charge >= 0.3 is 0 Å². The second-order valence-electron chi connectivity index (χ2n) is 4.42. The van der Waals surface area contributed by atoms with Crippen molar-refractivity contribution in [3.8, 4) is 5.75 Å². The van der Waals surface area contributed by atoms with Crippen LogP contribution in [0.15, 0.2) is 24.3 Å². The van der Waals surface area contributed by atoms with Gasteiger partial charge < -0.3 is 15.4 Å². The minimum Gasteiger partial charge on any atom is -0.497 e. The molecule has 1 aromatic rings. The van der Waals surface area contributed by atoms with E-state index in [1.807, 2.05) is 36.2 Å². The lowest BCUT2D eigenvalue weighted by atomic mass is 10.1. The fraction of sp³-hybridized carbons (Fsp3) is 0.462. The Balaban J connectivity index is 2.24. The van der Waals surface area contributed by atoms with Gasteiger partial charge in [-0.3, -0.25) is 9.69 Å². The van der Waals surface area contributed by atoms with Gasteiger partial charge in [0.1, 0.15) is 11.8 Å².